The summed E-state index contributed by atoms with van der Waals surface area (Å²) in [5.74, 6) is 0. The van der Waals surface area contributed by atoms with Crippen LogP contribution in [0.3, 0.4) is 0 Å². The molecule has 0 saturated heterocycles. The van der Waals surface area contributed by atoms with Crippen molar-refractivity contribution in [2.45, 2.75) is 20.3 Å². The summed E-state index contributed by atoms with van der Waals surface area (Å²) in [6.07, 6.45) is 2.40. The van der Waals surface area contributed by atoms with Crippen molar-refractivity contribution in [1.82, 2.24) is 5.32 Å². The van der Waals surface area contributed by atoms with Gasteiger partial charge in [0, 0.05) is 0 Å². The maximum absolute atomic E-state index is 3.14. The van der Waals surface area contributed by atoms with E-state index in [9.17, 15) is 0 Å². The predicted octanol–water partition coefficient (Wildman–Crippen LogP) is 2.47. The minimum atomic E-state index is 0. The van der Waals surface area contributed by atoms with Crippen LogP contribution in [0.2, 0.25) is 0 Å². The van der Waals surface area contributed by atoms with Gasteiger partial charge in [-0.1, -0.05) is 37.8 Å². The Morgan fingerprint density at radius 2 is 1.83 bits per heavy atom. The van der Waals surface area contributed by atoms with E-state index in [0.29, 0.717) is 0 Å². The number of aryl methyl sites for hydroxylation is 1. The van der Waals surface area contributed by atoms with Gasteiger partial charge >= 0.3 is 0 Å². The van der Waals surface area contributed by atoms with E-state index in [0.717, 1.165) is 6.54 Å². The van der Waals surface area contributed by atoms with Gasteiger partial charge in [0.25, 0.3) is 0 Å². The fourth-order valence-corrected chi connectivity index (χ4v) is 1.11. The zero-order valence-electron chi connectivity index (χ0n) is 7.01. The van der Waals surface area contributed by atoms with Crippen molar-refractivity contribution in [3.05, 3.63) is 35.9 Å². The largest absolute Gasteiger partial charge is 0.320 e. The van der Waals surface area contributed by atoms with Crippen LogP contribution < -0.4 is 5.32 Å². The average molecular weight is 165 g/mol. The molecule has 1 nitrogen and oxygen atoms in total. The fourth-order valence-electron chi connectivity index (χ4n) is 1.11. The lowest BCUT2D eigenvalue weighted by atomic mass is 10.1. The Morgan fingerprint density at radius 3 is 2.42 bits per heavy atom. The Labute approximate surface area is 75.8 Å². The quantitative estimate of drug-likeness (QED) is 0.676. The molecule has 0 aromatic heterocycles. The highest BCUT2D eigenvalue weighted by Crippen LogP contribution is 2.00. The van der Waals surface area contributed by atoms with Gasteiger partial charge < -0.3 is 5.32 Å². The lowest BCUT2D eigenvalue weighted by molar-refractivity contribution is 0.725. The summed E-state index contributed by atoms with van der Waals surface area (Å²) < 4.78 is 0. The molecule has 0 heterocycles. The smallest absolute Gasteiger partial charge is 0.00488 e. The second kappa shape index (κ2) is 6.86. The van der Waals surface area contributed by atoms with Crippen LogP contribution in [-0.4, -0.2) is 13.6 Å². The minimum absolute atomic E-state index is 0. The molecule has 0 saturated carbocycles. The fraction of sp³-hybridized carbons (Fsp3) is 0.455. The molecule has 68 valence electrons. The van der Waals surface area contributed by atoms with Crippen molar-refractivity contribution in [2.24, 2.45) is 0 Å². The van der Waals surface area contributed by atoms with E-state index in [1.165, 1.54) is 18.4 Å². The summed E-state index contributed by atoms with van der Waals surface area (Å²) in [5.41, 5.74) is 1.43. The molecule has 0 amide bonds. The van der Waals surface area contributed by atoms with Gasteiger partial charge in [0.1, 0.15) is 0 Å². The molecule has 0 unspecified atom stereocenters. The first-order valence-corrected chi connectivity index (χ1v) is 4.12. The molecule has 1 aromatic rings. The Morgan fingerprint density at radius 1 is 1.17 bits per heavy atom. The molecule has 12 heavy (non-hydrogen) atoms. The summed E-state index contributed by atoms with van der Waals surface area (Å²) in [7, 11) is 1.99. The van der Waals surface area contributed by atoms with E-state index in [2.05, 4.69) is 35.6 Å². The Hall–Kier alpha value is -0.820. The summed E-state index contributed by atoms with van der Waals surface area (Å²) in [6.45, 7) is 1.11. The molecule has 0 aliphatic heterocycles. The van der Waals surface area contributed by atoms with Crippen LogP contribution in [0.4, 0.5) is 0 Å². The first-order chi connectivity index (χ1) is 5.43. The van der Waals surface area contributed by atoms with Crippen molar-refractivity contribution in [1.29, 1.82) is 0 Å². The summed E-state index contributed by atoms with van der Waals surface area (Å²) in [4.78, 5) is 0. The second-order valence-electron chi connectivity index (χ2n) is 2.69. The van der Waals surface area contributed by atoms with Crippen LogP contribution >= 0.6 is 0 Å². The van der Waals surface area contributed by atoms with Crippen LogP contribution in [0.15, 0.2) is 30.3 Å². The molecule has 0 aliphatic carbocycles. The molecular formula is C11H19N. The molecule has 0 atom stereocenters. The van der Waals surface area contributed by atoms with Crippen LogP contribution in [0.5, 0.6) is 0 Å². The first-order valence-electron chi connectivity index (χ1n) is 4.12. The number of nitrogens with one attached hydrogen (secondary N) is 1. The van der Waals surface area contributed by atoms with Crippen molar-refractivity contribution < 1.29 is 0 Å². The maximum Gasteiger partial charge on any atom is -0.00488 e. The average Bonchev–Trinajstić information content (AvgIpc) is 2.07. The molecule has 1 N–H and O–H groups in total. The van der Waals surface area contributed by atoms with Gasteiger partial charge in [-0.25, -0.2) is 0 Å². The molecule has 0 radical (unpaired) electrons. The second-order valence-corrected chi connectivity index (χ2v) is 2.69. The Bertz CT molecular complexity index is 181. The van der Waals surface area contributed by atoms with Crippen LogP contribution in [0.25, 0.3) is 0 Å². The lowest BCUT2D eigenvalue weighted by Crippen LogP contribution is -2.08. The normalized spacial score (nSPS) is 9.08. The summed E-state index contributed by atoms with van der Waals surface area (Å²) >= 11 is 0. The monoisotopic (exact) mass is 165 g/mol. The molecular weight excluding hydrogens is 146 g/mol. The zero-order valence-corrected chi connectivity index (χ0v) is 7.01. The van der Waals surface area contributed by atoms with E-state index < -0.39 is 0 Å². The molecule has 0 spiro atoms. The molecule has 1 aromatic carbocycles. The predicted molar refractivity (Wildman–Crippen MR) is 55.4 cm³/mol. The summed E-state index contributed by atoms with van der Waals surface area (Å²) in [6, 6.07) is 10.6. The van der Waals surface area contributed by atoms with E-state index >= 15 is 0 Å². The number of hydrogen-bond acceptors (Lipinski definition) is 1. The van der Waals surface area contributed by atoms with Crippen LogP contribution in [0.1, 0.15) is 19.4 Å². The highest BCUT2D eigenvalue weighted by molar-refractivity contribution is 5.14. The van der Waals surface area contributed by atoms with Gasteiger partial charge in [0.2, 0.25) is 0 Å². The van der Waals surface area contributed by atoms with Crippen molar-refractivity contribution >= 4 is 0 Å². The third-order valence-corrected chi connectivity index (χ3v) is 1.74. The van der Waals surface area contributed by atoms with Gasteiger partial charge in [-0.15, -0.1) is 0 Å². The maximum atomic E-state index is 3.14. The third kappa shape index (κ3) is 4.14. The Kier molecular flexibility index (Phi) is 6.39. The van der Waals surface area contributed by atoms with Crippen molar-refractivity contribution in [2.75, 3.05) is 13.6 Å². The standard InChI is InChI=1S/C10H15N.CH4/c1-11-9-5-8-10-6-3-2-4-7-10;/h2-4,6-7,11H,5,8-9H2,1H3;1H4. The van der Waals surface area contributed by atoms with Crippen LogP contribution in [0, 0.1) is 0 Å². The SMILES string of the molecule is C.CNCCCc1ccccc1. The summed E-state index contributed by atoms with van der Waals surface area (Å²) in [5, 5.41) is 3.14. The molecule has 0 bridgehead atoms. The number of rotatable bonds is 4. The zero-order chi connectivity index (χ0) is 7.94. The highest BCUT2D eigenvalue weighted by Gasteiger charge is 1.88. The van der Waals surface area contributed by atoms with Gasteiger partial charge in [-0.3, -0.25) is 0 Å². The van der Waals surface area contributed by atoms with E-state index in [1.807, 2.05) is 7.05 Å². The molecule has 1 rings (SSSR count). The van der Waals surface area contributed by atoms with E-state index in [4.69, 9.17) is 0 Å². The van der Waals surface area contributed by atoms with Crippen molar-refractivity contribution in [3.8, 4) is 0 Å². The molecule has 0 fully saturated rings. The Balaban J connectivity index is 0.00000121. The van der Waals surface area contributed by atoms with Gasteiger partial charge in [0.05, 0.1) is 0 Å². The number of hydrogen-bond donors (Lipinski definition) is 1. The van der Waals surface area contributed by atoms with Gasteiger partial charge in [-0.05, 0) is 32.0 Å². The number of benzene rings is 1. The first kappa shape index (κ1) is 11.2. The van der Waals surface area contributed by atoms with Crippen molar-refractivity contribution in [3.63, 3.8) is 0 Å². The van der Waals surface area contributed by atoms with E-state index in [1.54, 1.807) is 0 Å². The lowest BCUT2D eigenvalue weighted by Gasteiger charge is -1.99. The van der Waals surface area contributed by atoms with Crippen LogP contribution in [-0.2, 0) is 6.42 Å². The third-order valence-electron chi connectivity index (χ3n) is 1.74. The van der Waals surface area contributed by atoms with Gasteiger partial charge in [-0.2, -0.15) is 0 Å². The molecule has 1 heteroatoms. The highest BCUT2D eigenvalue weighted by atomic mass is 14.8. The molecule has 0 aliphatic rings. The topological polar surface area (TPSA) is 12.0 Å². The van der Waals surface area contributed by atoms with Gasteiger partial charge in [0.15, 0.2) is 0 Å². The van der Waals surface area contributed by atoms with E-state index in [-0.39, 0.29) is 7.43 Å². The minimum Gasteiger partial charge on any atom is -0.320 e.